The van der Waals surface area contributed by atoms with Gasteiger partial charge in [-0.15, -0.1) is 0 Å². The molecule has 4 nitrogen and oxygen atoms in total. The Labute approximate surface area is 127 Å². The Morgan fingerprint density at radius 2 is 2.16 bits per heavy atom. The molecule has 0 radical (unpaired) electrons. The molecule has 7 heteroatoms. The summed E-state index contributed by atoms with van der Waals surface area (Å²) in [6.45, 7) is 1.64. The molecule has 3 N–H and O–H groups in total. The molecule has 0 spiro atoms. The normalized spacial score (nSPS) is 13.5. The molecule has 0 fully saturated rings. The first-order chi connectivity index (χ1) is 8.89. The lowest BCUT2D eigenvalue weighted by atomic mass is 10.0. The Kier molecular flexibility index (Phi) is 6.64. The summed E-state index contributed by atoms with van der Waals surface area (Å²) in [5.41, 5.74) is 3.55. The Balaban J connectivity index is 2.68. The topological polar surface area (TPSA) is 72.2 Å². The molecule has 19 heavy (non-hydrogen) atoms. The highest BCUT2D eigenvalue weighted by Gasteiger charge is 2.15. The van der Waals surface area contributed by atoms with Gasteiger partial charge >= 0.3 is 0 Å². The lowest BCUT2D eigenvalue weighted by molar-refractivity contribution is 0.504. The molecule has 0 saturated heterocycles. The first-order valence-corrected chi connectivity index (χ1v) is 8.91. The van der Waals surface area contributed by atoms with Crippen LogP contribution in [0.15, 0.2) is 18.2 Å². The van der Waals surface area contributed by atoms with Gasteiger partial charge in [0.2, 0.25) is 0 Å². The van der Waals surface area contributed by atoms with Crippen LogP contribution in [0.4, 0.5) is 4.39 Å². The van der Waals surface area contributed by atoms with Crippen LogP contribution >= 0.6 is 22.6 Å². The summed E-state index contributed by atoms with van der Waals surface area (Å²) in [6.07, 6.45) is 1.12. The van der Waals surface area contributed by atoms with Gasteiger partial charge in [-0.1, -0.05) is 13.0 Å². The van der Waals surface area contributed by atoms with E-state index in [4.69, 9.17) is 5.84 Å². The van der Waals surface area contributed by atoms with E-state index in [1.54, 1.807) is 13.0 Å². The van der Waals surface area contributed by atoms with Crippen LogP contribution in [0.5, 0.6) is 0 Å². The number of sulfone groups is 1. The summed E-state index contributed by atoms with van der Waals surface area (Å²) in [4.78, 5) is 0. The summed E-state index contributed by atoms with van der Waals surface area (Å²) >= 11 is 2.05. The molecule has 0 aliphatic rings. The van der Waals surface area contributed by atoms with E-state index < -0.39 is 9.84 Å². The first-order valence-electron chi connectivity index (χ1n) is 6.01. The van der Waals surface area contributed by atoms with Gasteiger partial charge in [0.05, 0.1) is 5.75 Å². The van der Waals surface area contributed by atoms with Gasteiger partial charge in [0.1, 0.15) is 15.7 Å². The number of hydrogen-bond acceptors (Lipinski definition) is 4. The molecule has 0 amide bonds. The van der Waals surface area contributed by atoms with Gasteiger partial charge < -0.3 is 0 Å². The number of hydrogen-bond donors (Lipinski definition) is 2. The van der Waals surface area contributed by atoms with Gasteiger partial charge in [0, 0.05) is 15.4 Å². The Morgan fingerprint density at radius 3 is 2.68 bits per heavy atom. The smallest absolute Gasteiger partial charge is 0.150 e. The SMILES string of the molecule is CCS(=O)(=O)CCCC(NN)c1ccc(F)cc1I. The standard InChI is InChI=1S/C12H18FIN2O2S/c1-2-19(17,18)7-3-4-12(16-15)10-6-5-9(13)8-11(10)14/h5-6,8,12,16H,2-4,7,15H2,1H3. The zero-order valence-electron chi connectivity index (χ0n) is 10.7. The minimum absolute atomic E-state index is 0.152. The monoisotopic (exact) mass is 400 g/mol. The summed E-state index contributed by atoms with van der Waals surface area (Å²) < 4.78 is 36.6. The van der Waals surface area contributed by atoms with E-state index in [2.05, 4.69) is 5.43 Å². The minimum atomic E-state index is -2.95. The van der Waals surface area contributed by atoms with Gasteiger partial charge in [-0.25, -0.2) is 12.8 Å². The third-order valence-electron chi connectivity index (χ3n) is 2.93. The minimum Gasteiger partial charge on any atom is -0.271 e. The largest absolute Gasteiger partial charge is 0.271 e. The van der Waals surface area contributed by atoms with Crippen LogP contribution in [0.25, 0.3) is 0 Å². The Hall–Kier alpha value is -0.250. The van der Waals surface area contributed by atoms with Gasteiger partial charge in [-0.3, -0.25) is 11.3 Å². The molecule has 1 rings (SSSR count). The van der Waals surface area contributed by atoms with Crippen molar-refractivity contribution in [1.82, 2.24) is 5.43 Å². The average Bonchev–Trinajstić information content (AvgIpc) is 2.36. The van der Waals surface area contributed by atoms with Crippen LogP contribution in [-0.2, 0) is 9.84 Å². The quantitative estimate of drug-likeness (QED) is 0.418. The van der Waals surface area contributed by atoms with Gasteiger partial charge in [0.25, 0.3) is 0 Å². The highest BCUT2D eigenvalue weighted by molar-refractivity contribution is 14.1. The van der Waals surface area contributed by atoms with Crippen molar-refractivity contribution >= 4 is 32.4 Å². The number of nitrogens with two attached hydrogens (primary N) is 1. The fourth-order valence-corrected chi connectivity index (χ4v) is 3.51. The third-order valence-corrected chi connectivity index (χ3v) is 5.65. The van der Waals surface area contributed by atoms with E-state index in [-0.39, 0.29) is 23.4 Å². The molecular formula is C12H18FIN2O2S. The number of hydrazine groups is 1. The van der Waals surface area contributed by atoms with Crippen LogP contribution in [0.3, 0.4) is 0 Å². The first kappa shape index (κ1) is 16.8. The zero-order valence-corrected chi connectivity index (χ0v) is 13.7. The summed E-state index contributed by atoms with van der Waals surface area (Å²) in [7, 11) is -2.95. The van der Waals surface area contributed by atoms with Crippen LogP contribution in [-0.4, -0.2) is 19.9 Å². The van der Waals surface area contributed by atoms with E-state index >= 15 is 0 Å². The fourth-order valence-electron chi connectivity index (χ4n) is 1.76. The van der Waals surface area contributed by atoms with Crippen molar-refractivity contribution < 1.29 is 12.8 Å². The average molecular weight is 400 g/mol. The Bertz CT molecular complexity index is 522. The number of rotatable bonds is 7. The highest BCUT2D eigenvalue weighted by Crippen LogP contribution is 2.24. The molecule has 0 saturated carbocycles. The van der Waals surface area contributed by atoms with Crippen LogP contribution in [0.1, 0.15) is 31.4 Å². The van der Waals surface area contributed by atoms with Crippen molar-refractivity contribution in [1.29, 1.82) is 0 Å². The van der Waals surface area contributed by atoms with Crippen molar-refractivity contribution in [3.63, 3.8) is 0 Å². The van der Waals surface area contributed by atoms with Crippen molar-refractivity contribution in [2.45, 2.75) is 25.8 Å². The molecule has 0 bridgehead atoms. The maximum absolute atomic E-state index is 13.0. The predicted molar refractivity (Wildman–Crippen MR) is 82.7 cm³/mol. The van der Waals surface area contributed by atoms with Crippen LogP contribution < -0.4 is 11.3 Å². The molecule has 1 aromatic carbocycles. The molecule has 1 atom stereocenters. The molecule has 0 heterocycles. The summed E-state index contributed by atoms with van der Waals surface area (Å²) in [5.74, 6) is 5.51. The molecule has 108 valence electrons. The van der Waals surface area contributed by atoms with Gasteiger partial charge in [-0.2, -0.15) is 0 Å². The maximum atomic E-state index is 13.0. The van der Waals surface area contributed by atoms with Crippen LogP contribution in [0, 0.1) is 9.39 Å². The van der Waals surface area contributed by atoms with Gasteiger partial charge in [0.15, 0.2) is 0 Å². The summed E-state index contributed by atoms with van der Waals surface area (Å²) in [5, 5.41) is 0. The van der Waals surface area contributed by atoms with E-state index in [9.17, 15) is 12.8 Å². The lowest BCUT2D eigenvalue weighted by Gasteiger charge is -2.17. The van der Waals surface area contributed by atoms with E-state index in [0.29, 0.717) is 12.8 Å². The predicted octanol–water partition coefficient (Wildman–Crippen LogP) is 2.15. The van der Waals surface area contributed by atoms with Crippen molar-refractivity contribution in [3.8, 4) is 0 Å². The number of nitrogens with one attached hydrogen (secondary N) is 1. The van der Waals surface area contributed by atoms with Crippen molar-refractivity contribution in [2.24, 2.45) is 5.84 Å². The second kappa shape index (κ2) is 7.51. The maximum Gasteiger partial charge on any atom is 0.150 e. The van der Waals surface area contributed by atoms with Crippen molar-refractivity contribution in [3.05, 3.63) is 33.1 Å². The van der Waals surface area contributed by atoms with Gasteiger partial charge in [-0.05, 0) is 53.1 Å². The fraction of sp³-hybridized carbons (Fsp3) is 0.500. The summed E-state index contributed by atoms with van der Waals surface area (Å²) in [6, 6.07) is 4.32. The Morgan fingerprint density at radius 1 is 1.47 bits per heavy atom. The van der Waals surface area contributed by atoms with E-state index in [1.165, 1.54) is 12.1 Å². The zero-order chi connectivity index (χ0) is 14.5. The number of benzene rings is 1. The van der Waals surface area contributed by atoms with E-state index in [1.807, 2.05) is 22.6 Å². The molecule has 1 unspecified atom stereocenters. The van der Waals surface area contributed by atoms with E-state index in [0.717, 1.165) is 9.13 Å². The number of halogens is 2. The highest BCUT2D eigenvalue weighted by atomic mass is 127. The molecule has 0 aromatic heterocycles. The second-order valence-electron chi connectivity index (χ2n) is 4.26. The third kappa shape index (κ3) is 5.33. The van der Waals surface area contributed by atoms with Crippen molar-refractivity contribution in [2.75, 3.05) is 11.5 Å². The molecule has 0 aliphatic heterocycles. The molecular weight excluding hydrogens is 382 g/mol. The molecule has 1 aromatic rings. The van der Waals surface area contributed by atoms with Crippen LogP contribution in [0.2, 0.25) is 0 Å². The second-order valence-corrected chi connectivity index (χ2v) is 7.90. The lowest BCUT2D eigenvalue weighted by Crippen LogP contribution is -2.29. The molecule has 0 aliphatic carbocycles.